The van der Waals surface area contributed by atoms with Crippen molar-refractivity contribution >= 4 is 11.8 Å². The van der Waals surface area contributed by atoms with Gasteiger partial charge in [-0.05, 0) is 0 Å². The summed E-state index contributed by atoms with van der Waals surface area (Å²) >= 11 is 2.00. The number of nitrogens with one attached hydrogen (secondary N) is 2. The average Bonchev–Trinajstić information content (AvgIpc) is 2.15. The molecule has 2 radical (unpaired) electrons. The van der Waals surface area contributed by atoms with Gasteiger partial charge in [0.1, 0.15) is 6.67 Å². The molecule has 2 rings (SSSR count). The maximum Gasteiger partial charge on any atom is 0.141 e. The predicted octanol–water partition coefficient (Wildman–Crippen LogP) is -0.341. The van der Waals surface area contributed by atoms with E-state index in [0.29, 0.717) is 12.1 Å². The molecule has 2 atom stereocenters. The number of thioether (sulfide) groups is 1. The second-order valence-electron chi connectivity index (χ2n) is 2.16. The standard InChI is InChI=1S/C5H8N2S/c1-4-5(2-8-1)7-3-6-4/h4-7H,1-2H2. The molecule has 0 aromatic rings. The highest BCUT2D eigenvalue weighted by Crippen LogP contribution is 2.20. The summed E-state index contributed by atoms with van der Waals surface area (Å²) in [5.41, 5.74) is 0. The largest absolute Gasteiger partial charge is 0.288 e. The first-order valence-corrected chi connectivity index (χ1v) is 3.96. The zero-order valence-electron chi connectivity index (χ0n) is 4.48. The lowest BCUT2D eigenvalue weighted by molar-refractivity contribution is 0.620. The molecule has 2 unspecified atom stereocenters. The molecular formula is C5H8N2S. The molecule has 2 heterocycles. The van der Waals surface area contributed by atoms with Gasteiger partial charge in [0.25, 0.3) is 0 Å². The van der Waals surface area contributed by atoms with E-state index in [2.05, 4.69) is 17.3 Å². The molecular weight excluding hydrogens is 120 g/mol. The second-order valence-corrected chi connectivity index (χ2v) is 3.24. The Hall–Kier alpha value is 0.270. The van der Waals surface area contributed by atoms with Crippen molar-refractivity contribution in [1.29, 1.82) is 0 Å². The van der Waals surface area contributed by atoms with Crippen LogP contribution in [0.1, 0.15) is 0 Å². The molecule has 8 heavy (non-hydrogen) atoms. The molecule has 0 aromatic carbocycles. The van der Waals surface area contributed by atoms with Crippen LogP contribution < -0.4 is 10.6 Å². The van der Waals surface area contributed by atoms with Gasteiger partial charge in [-0.15, -0.1) is 0 Å². The van der Waals surface area contributed by atoms with Gasteiger partial charge >= 0.3 is 0 Å². The van der Waals surface area contributed by atoms with Gasteiger partial charge in [-0.3, -0.25) is 10.6 Å². The summed E-state index contributed by atoms with van der Waals surface area (Å²) in [5.74, 6) is 2.48. The van der Waals surface area contributed by atoms with Crippen LogP contribution in [0.4, 0.5) is 0 Å². The van der Waals surface area contributed by atoms with Gasteiger partial charge in [0.2, 0.25) is 0 Å². The van der Waals surface area contributed by atoms with Crippen LogP contribution in [-0.4, -0.2) is 23.6 Å². The summed E-state index contributed by atoms with van der Waals surface area (Å²) in [6, 6.07) is 1.33. The summed E-state index contributed by atoms with van der Waals surface area (Å²) in [5, 5.41) is 6.27. The smallest absolute Gasteiger partial charge is 0.141 e. The van der Waals surface area contributed by atoms with Gasteiger partial charge in [0.15, 0.2) is 0 Å². The van der Waals surface area contributed by atoms with Crippen LogP contribution in [0.15, 0.2) is 0 Å². The second kappa shape index (κ2) is 1.90. The van der Waals surface area contributed by atoms with Crippen LogP contribution in [0.25, 0.3) is 0 Å². The quantitative estimate of drug-likeness (QED) is 0.466. The van der Waals surface area contributed by atoms with E-state index >= 15 is 0 Å². The molecule has 0 spiro atoms. The predicted molar refractivity (Wildman–Crippen MR) is 34.4 cm³/mol. The van der Waals surface area contributed by atoms with Crippen molar-refractivity contribution < 1.29 is 0 Å². The van der Waals surface area contributed by atoms with Gasteiger partial charge in [0, 0.05) is 23.6 Å². The first-order chi connectivity index (χ1) is 3.97. The molecule has 0 saturated carbocycles. The van der Waals surface area contributed by atoms with Crippen molar-refractivity contribution in [2.45, 2.75) is 12.1 Å². The molecule has 3 heteroatoms. The minimum atomic E-state index is 0.667. The summed E-state index contributed by atoms with van der Waals surface area (Å²) in [4.78, 5) is 0. The lowest BCUT2D eigenvalue weighted by atomic mass is 10.2. The van der Waals surface area contributed by atoms with Crippen molar-refractivity contribution in [2.75, 3.05) is 11.5 Å². The lowest BCUT2D eigenvalue weighted by Gasteiger charge is -2.03. The van der Waals surface area contributed by atoms with Crippen molar-refractivity contribution in [3.63, 3.8) is 0 Å². The van der Waals surface area contributed by atoms with E-state index in [4.69, 9.17) is 0 Å². The fraction of sp³-hybridized carbons (Fsp3) is 0.800. The van der Waals surface area contributed by atoms with Gasteiger partial charge in [-0.1, -0.05) is 0 Å². The zero-order valence-corrected chi connectivity index (χ0v) is 5.29. The highest BCUT2D eigenvalue weighted by Gasteiger charge is 2.31. The van der Waals surface area contributed by atoms with Gasteiger partial charge in [0.05, 0.1) is 0 Å². The van der Waals surface area contributed by atoms with Crippen LogP contribution >= 0.6 is 11.8 Å². The third-order valence-electron chi connectivity index (χ3n) is 1.60. The maximum absolute atomic E-state index is 3.14. The topological polar surface area (TPSA) is 24.1 Å². The van der Waals surface area contributed by atoms with E-state index in [1.54, 1.807) is 0 Å². The minimum absolute atomic E-state index is 0.667. The molecule has 2 nitrogen and oxygen atoms in total. The summed E-state index contributed by atoms with van der Waals surface area (Å²) in [6.45, 7) is 2.91. The van der Waals surface area contributed by atoms with E-state index in [-0.39, 0.29) is 0 Å². The van der Waals surface area contributed by atoms with Gasteiger partial charge in [-0.2, -0.15) is 11.8 Å². The maximum atomic E-state index is 3.14. The van der Waals surface area contributed by atoms with Crippen LogP contribution in [-0.2, 0) is 0 Å². The Labute approximate surface area is 53.4 Å². The Morgan fingerprint density at radius 2 is 1.88 bits per heavy atom. The third-order valence-corrected chi connectivity index (χ3v) is 2.79. The number of fused-ring (bicyclic) bond motifs is 1. The fourth-order valence-electron chi connectivity index (χ4n) is 1.07. The molecule has 2 N–H and O–H groups in total. The van der Waals surface area contributed by atoms with Gasteiger partial charge in [-0.25, -0.2) is 0 Å². The van der Waals surface area contributed by atoms with E-state index in [1.807, 2.05) is 11.8 Å². The number of hydrogen-bond donors (Lipinski definition) is 2. The molecule has 44 valence electrons. The number of hydrogen-bond acceptors (Lipinski definition) is 3. The van der Waals surface area contributed by atoms with Crippen molar-refractivity contribution in [3.05, 3.63) is 6.67 Å². The van der Waals surface area contributed by atoms with E-state index in [9.17, 15) is 0 Å². The highest BCUT2D eigenvalue weighted by molar-refractivity contribution is 7.99. The number of rotatable bonds is 0. The molecule has 2 aliphatic heterocycles. The molecule has 2 saturated heterocycles. The molecule has 0 amide bonds. The monoisotopic (exact) mass is 128 g/mol. The third kappa shape index (κ3) is 0.658. The summed E-state index contributed by atoms with van der Waals surface area (Å²) in [6.07, 6.45) is 0. The minimum Gasteiger partial charge on any atom is -0.288 e. The van der Waals surface area contributed by atoms with E-state index < -0.39 is 0 Å². The lowest BCUT2D eigenvalue weighted by Crippen LogP contribution is -2.31. The van der Waals surface area contributed by atoms with Crippen molar-refractivity contribution in [2.24, 2.45) is 0 Å². The normalized spacial score (nSPS) is 45.0. The Balaban J connectivity index is 2.04. The SMILES string of the molecule is [C]1NC2CSCC2N1. The van der Waals surface area contributed by atoms with Crippen molar-refractivity contribution in [3.8, 4) is 0 Å². The average molecular weight is 128 g/mol. The molecule has 0 aliphatic carbocycles. The van der Waals surface area contributed by atoms with Gasteiger partial charge < -0.3 is 0 Å². The molecule has 2 fully saturated rings. The Morgan fingerprint density at radius 1 is 1.25 bits per heavy atom. The highest BCUT2D eigenvalue weighted by atomic mass is 32.2. The first kappa shape index (κ1) is 5.09. The van der Waals surface area contributed by atoms with Crippen LogP contribution in [0.5, 0.6) is 0 Å². The molecule has 0 aromatic heterocycles. The Kier molecular flexibility index (Phi) is 1.21. The Morgan fingerprint density at radius 3 is 2.50 bits per heavy atom. The van der Waals surface area contributed by atoms with Crippen LogP contribution in [0.3, 0.4) is 0 Å². The van der Waals surface area contributed by atoms with E-state index in [0.717, 1.165) is 0 Å². The zero-order chi connectivity index (χ0) is 5.40. The molecule has 0 bridgehead atoms. The van der Waals surface area contributed by atoms with Crippen LogP contribution in [0.2, 0.25) is 0 Å². The fourth-order valence-corrected chi connectivity index (χ4v) is 2.34. The van der Waals surface area contributed by atoms with E-state index in [1.165, 1.54) is 11.5 Å². The summed E-state index contributed by atoms with van der Waals surface area (Å²) < 4.78 is 0. The molecule has 2 aliphatic rings. The van der Waals surface area contributed by atoms with Crippen molar-refractivity contribution in [1.82, 2.24) is 10.6 Å². The Bertz CT molecular complexity index is 76.4. The van der Waals surface area contributed by atoms with Crippen LogP contribution in [0, 0.1) is 6.67 Å². The summed E-state index contributed by atoms with van der Waals surface area (Å²) in [7, 11) is 0. The first-order valence-electron chi connectivity index (χ1n) is 2.80.